The van der Waals surface area contributed by atoms with E-state index in [-0.39, 0.29) is 23.6 Å². The molecule has 2 N–H and O–H groups in total. The zero-order chi connectivity index (χ0) is 21.7. The second kappa shape index (κ2) is 9.36. The molecule has 1 atom stereocenters. The summed E-state index contributed by atoms with van der Waals surface area (Å²) in [4.78, 5) is 48.4. The molecular weight excluding hydrogens is 417 g/mol. The van der Waals surface area contributed by atoms with Gasteiger partial charge in [0.05, 0.1) is 23.0 Å². The zero-order valence-electron chi connectivity index (χ0n) is 15.6. The number of carbonyl (C=O) groups excluding carboxylic acids is 4. The third-order valence-electron chi connectivity index (χ3n) is 4.29. The van der Waals surface area contributed by atoms with Gasteiger partial charge in [-0.15, -0.1) is 0 Å². The maximum atomic E-state index is 12.9. The van der Waals surface area contributed by atoms with Crippen LogP contribution in [-0.2, 0) is 19.1 Å². The van der Waals surface area contributed by atoms with Crippen LogP contribution in [0.1, 0.15) is 16.8 Å². The van der Waals surface area contributed by atoms with E-state index >= 15 is 0 Å². The Morgan fingerprint density at radius 3 is 2.53 bits per heavy atom. The Kier molecular flexibility index (Phi) is 6.63. The van der Waals surface area contributed by atoms with Crippen LogP contribution >= 0.6 is 11.6 Å². The SMILES string of the molecule is O=C(COC(=O)[C@@H]1CC(=O)N(NC(=O)c2ccccc2Cl)C1)Nc1ccc(F)cc1. The van der Waals surface area contributed by atoms with Gasteiger partial charge < -0.3 is 10.1 Å². The molecule has 1 saturated heterocycles. The molecule has 0 radical (unpaired) electrons. The molecule has 0 spiro atoms. The zero-order valence-corrected chi connectivity index (χ0v) is 16.3. The number of esters is 1. The minimum atomic E-state index is -0.831. The summed E-state index contributed by atoms with van der Waals surface area (Å²) in [6.45, 7) is -0.652. The molecule has 3 amide bonds. The van der Waals surface area contributed by atoms with Gasteiger partial charge in [-0.2, -0.15) is 0 Å². The van der Waals surface area contributed by atoms with Crippen molar-refractivity contribution in [3.05, 3.63) is 64.9 Å². The molecule has 1 fully saturated rings. The van der Waals surface area contributed by atoms with Crippen molar-refractivity contribution in [2.24, 2.45) is 5.92 Å². The van der Waals surface area contributed by atoms with E-state index in [1.807, 2.05) is 0 Å². The van der Waals surface area contributed by atoms with Crippen molar-refractivity contribution in [2.45, 2.75) is 6.42 Å². The van der Waals surface area contributed by atoms with Crippen molar-refractivity contribution in [2.75, 3.05) is 18.5 Å². The average molecular weight is 434 g/mol. The Balaban J connectivity index is 1.48. The molecule has 2 aromatic rings. The molecule has 10 heteroatoms. The van der Waals surface area contributed by atoms with Gasteiger partial charge in [0.2, 0.25) is 5.91 Å². The van der Waals surface area contributed by atoms with Crippen LogP contribution in [0, 0.1) is 11.7 Å². The molecule has 1 aliphatic heterocycles. The molecule has 0 saturated carbocycles. The van der Waals surface area contributed by atoms with Crippen LogP contribution in [0.5, 0.6) is 0 Å². The van der Waals surface area contributed by atoms with E-state index in [1.54, 1.807) is 18.2 Å². The number of rotatable bonds is 6. The predicted molar refractivity (Wildman–Crippen MR) is 105 cm³/mol. The Bertz CT molecular complexity index is 983. The van der Waals surface area contributed by atoms with Gasteiger partial charge >= 0.3 is 5.97 Å². The Labute approximate surface area is 175 Å². The van der Waals surface area contributed by atoms with Crippen molar-refractivity contribution in [3.8, 4) is 0 Å². The van der Waals surface area contributed by atoms with Gasteiger partial charge in [-0.1, -0.05) is 23.7 Å². The summed E-state index contributed by atoms with van der Waals surface area (Å²) in [5.74, 6) is -3.68. The number of halogens is 2. The third-order valence-corrected chi connectivity index (χ3v) is 4.62. The molecule has 3 rings (SSSR count). The van der Waals surface area contributed by atoms with E-state index in [4.69, 9.17) is 16.3 Å². The van der Waals surface area contributed by atoms with Crippen molar-refractivity contribution in [3.63, 3.8) is 0 Å². The fraction of sp³-hybridized carbons (Fsp3) is 0.200. The normalized spacial score (nSPS) is 15.6. The smallest absolute Gasteiger partial charge is 0.311 e. The fourth-order valence-electron chi connectivity index (χ4n) is 2.79. The molecule has 1 aliphatic rings. The largest absolute Gasteiger partial charge is 0.455 e. The van der Waals surface area contributed by atoms with E-state index < -0.39 is 42.0 Å². The van der Waals surface area contributed by atoms with E-state index in [9.17, 15) is 23.6 Å². The lowest BCUT2D eigenvalue weighted by atomic mass is 10.1. The summed E-state index contributed by atoms with van der Waals surface area (Å²) in [7, 11) is 0. The van der Waals surface area contributed by atoms with E-state index in [0.29, 0.717) is 5.69 Å². The van der Waals surface area contributed by atoms with E-state index in [0.717, 1.165) is 5.01 Å². The lowest BCUT2D eigenvalue weighted by molar-refractivity contribution is -0.151. The van der Waals surface area contributed by atoms with Crippen LogP contribution in [0.15, 0.2) is 48.5 Å². The van der Waals surface area contributed by atoms with Gasteiger partial charge in [-0.25, -0.2) is 4.39 Å². The van der Waals surface area contributed by atoms with Crippen LogP contribution in [0.25, 0.3) is 0 Å². The first kappa shape index (κ1) is 21.3. The minimum absolute atomic E-state index is 0.0898. The van der Waals surface area contributed by atoms with Gasteiger partial charge in [0.1, 0.15) is 5.82 Å². The number of hydrogen-bond donors (Lipinski definition) is 2. The van der Waals surface area contributed by atoms with Gasteiger partial charge in [-0.05, 0) is 36.4 Å². The molecule has 30 heavy (non-hydrogen) atoms. The molecule has 0 bridgehead atoms. The van der Waals surface area contributed by atoms with Crippen molar-refractivity contribution in [1.82, 2.24) is 10.4 Å². The summed E-state index contributed by atoms with van der Waals surface area (Å²) in [6, 6.07) is 11.4. The number of nitrogens with zero attached hydrogens (tertiary/aromatic N) is 1. The Morgan fingerprint density at radius 2 is 1.83 bits per heavy atom. The number of amides is 3. The van der Waals surface area contributed by atoms with Crippen LogP contribution in [0.4, 0.5) is 10.1 Å². The number of ether oxygens (including phenoxy) is 1. The summed E-state index contributed by atoms with van der Waals surface area (Å²) in [6.07, 6.45) is -0.165. The topological polar surface area (TPSA) is 105 Å². The highest BCUT2D eigenvalue weighted by atomic mass is 35.5. The summed E-state index contributed by atoms with van der Waals surface area (Å²) < 4.78 is 17.8. The lowest BCUT2D eigenvalue weighted by Gasteiger charge is -2.18. The number of benzene rings is 2. The van der Waals surface area contributed by atoms with Crippen molar-refractivity contribution >= 4 is 41.0 Å². The van der Waals surface area contributed by atoms with Gasteiger partial charge in [0.25, 0.3) is 11.8 Å². The van der Waals surface area contributed by atoms with Crippen LogP contribution in [-0.4, -0.2) is 41.9 Å². The summed E-state index contributed by atoms with van der Waals surface area (Å²) >= 11 is 5.96. The Morgan fingerprint density at radius 1 is 1.13 bits per heavy atom. The number of nitrogens with one attached hydrogen (secondary N) is 2. The number of hydrazine groups is 1. The van der Waals surface area contributed by atoms with Crippen LogP contribution in [0.2, 0.25) is 5.02 Å². The van der Waals surface area contributed by atoms with Crippen molar-refractivity contribution < 1.29 is 28.3 Å². The van der Waals surface area contributed by atoms with Crippen LogP contribution < -0.4 is 10.7 Å². The number of hydrogen-bond acceptors (Lipinski definition) is 5. The molecular formula is C20H17ClFN3O5. The molecule has 8 nitrogen and oxygen atoms in total. The molecule has 0 aromatic heterocycles. The van der Waals surface area contributed by atoms with Gasteiger partial charge in [-0.3, -0.25) is 29.6 Å². The average Bonchev–Trinajstić information content (AvgIpc) is 3.08. The van der Waals surface area contributed by atoms with Crippen LogP contribution in [0.3, 0.4) is 0 Å². The van der Waals surface area contributed by atoms with Gasteiger partial charge in [0, 0.05) is 12.1 Å². The standard InChI is InChI=1S/C20H17ClFN3O5/c21-16-4-2-1-3-15(16)19(28)24-25-10-12(9-18(25)27)20(29)30-11-17(26)23-14-7-5-13(22)6-8-14/h1-8,12H,9-11H2,(H,23,26)(H,24,28)/t12-/m1/s1. The maximum Gasteiger partial charge on any atom is 0.311 e. The fourth-order valence-corrected chi connectivity index (χ4v) is 3.01. The highest BCUT2D eigenvalue weighted by molar-refractivity contribution is 6.33. The van der Waals surface area contributed by atoms with Gasteiger partial charge in [0.15, 0.2) is 6.61 Å². The Hall–Kier alpha value is -3.46. The molecule has 156 valence electrons. The monoisotopic (exact) mass is 433 g/mol. The first-order valence-electron chi connectivity index (χ1n) is 8.91. The first-order valence-corrected chi connectivity index (χ1v) is 9.29. The number of anilines is 1. The quantitative estimate of drug-likeness (QED) is 0.679. The molecule has 0 aliphatic carbocycles. The molecule has 2 aromatic carbocycles. The summed E-state index contributed by atoms with van der Waals surface area (Å²) in [5.41, 5.74) is 2.95. The maximum absolute atomic E-state index is 12.9. The second-order valence-corrected chi connectivity index (χ2v) is 6.90. The highest BCUT2D eigenvalue weighted by Gasteiger charge is 2.36. The molecule has 1 heterocycles. The molecule has 0 unspecified atom stereocenters. The lowest BCUT2D eigenvalue weighted by Crippen LogP contribution is -2.43. The van der Waals surface area contributed by atoms with E-state index in [1.165, 1.54) is 30.3 Å². The first-order chi connectivity index (χ1) is 14.3. The van der Waals surface area contributed by atoms with Crippen molar-refractivity contribution in [1.29, 1.82) is 0 Å². The number of carbonyl (C=O) groups is 4. The predicted octanol–water partition coefficient (Wildman–Crippen LogP) is 2.15. The second-order valence-electron chi connectivity index (χ2n) is 6.49. The van der Waals surface area contributed by atoms with E-state index in [2.05, 4.69) is 10.7 Å². The summed E-state index contributed by atoms with van der Waals surface area (Å²) in [5, 5.41) is 3.70. The minimum Gasteiger partial charge on any atom is -0.455 e. The highest BCUT2D eigenvalue weighted by Crippen LogP contribution is 2.19. The third kappa shape index (κ3) is 5.32.